The van der Waals surface area contributed by atoms with Gasteiger partial charge in [0, 0.05) is 31.4 Å². The van der Waals surface area contributed by atoms with Gasteiger partial charge in [0.2, 0.25) is 0 Å². The summed E-state index contributed by atoms with van der Waals surface area (Å²) < 4.78 is 74.3. The van der Waals surface area contributed by atoms with Crippen molar-refractivity contribution in [3.63, 3.8) is 0 Å². The molecule has 1 saturated heterocycles. The van der Waals surface area contributed by atoms with E-state index in [0.29, 0.717) is 19.3 Å². The fourth-order valence-electron chi connectivity index (χ4n) is 3.14. The van der Waals surface area contributed by atoms with Gasteiger partial charge in [-0.25, -0.2) is 19.6 Å². The van der Waals surface area contributed by atoms with Crippen molar-refractivity contribution in [2.75, 3.05) is 25.1 Å². The Labute approximate surface area is 211 Å². The van der Waals surface area contributed by atoms with E-state index in [-0.39, 0.29) is 6.04 Å². The van der Waals surface area contributed by atoms with E-state index in [4.69, 9.17) is 34.0 Å². The van der Waals surface area contributed by atoms with Gasteiger partial charge in [-0.2, -0.15) is 26.3 Å². The van der Waals surface area contributed by atoms with Crippen LogP contribution in [0.3, 0.4) is 0 Å². The zero-order valence-electron chi connectivity index (χ0n) is 19.9. The minimum absolute atomic E-state index is 0.0406. The lowest BCUT2D eigenvalue weighted by molar-refractivity contribution is -0.193. The zero-order valence-corrected chi connectivity index (χ0v) is 19.9. The van der Waals surface area contributed by atoms with Crippen LogP contribution in [0.4, 0.5) is 32.2 Å². The first kappa shape index (κ1) is 30.8. The largest absolute Gasteiger partial charge is 0.490 e. The maximum Gasteiger partial charge on any atom is 0.490 e. The van der Waals surface area contributed by atoms with E-state index < -0.39 is 24.3 Å². The van der Waals surface area contributed by atoms with Gasteiger partial charge in [-0.05, 0) is 32.3 Å². The number of alkyl halides is 6. The lowest BCUT2D eigenvalue weighted by Crippen LogP contribution is -2.40. The first-order chi connectivity index (χ1) is 17.7. The number of aromatic nitrogens is 3. The number of ether oxygens (including phenoxy) is 1. The van der Waals surface area contributed by atoms with Crippen LogP contribution in [-0.2, 0) is 20.9 Å². The monoisotopic (exact) mass is 557 g/mol. The third-order valence-electron chi connectivity index (χ3n) is 5.20. The number of carbonyl (C=O) groups is 2. The minimum atomic E-state index is -5.08. The van der Waals surface area contributed by atoms with Gasteiger partial charge in [-0.1, -0.05) is 5.16 Å². The maximum absolute atomic E-state index is 10.6. The highest BCUT2D eigenvalue weighted by atomic mass is 19.4. The molecular formula is C21H25F6N5O6. The van der Waals surface area contributed by atoms with Crippen molar-refractivity contribution in [1.29, 1.82) is 0 Å². The number of hydrogen-bond donors (Lipinski definition) is 3. The van der Waals surface area contributed by atoms with E-state index in [2.05, 4.69) is 20.4 Å². The topological polar surface area (TPSA) is 151 Å². The summed E-state index contributed by atoms with van der Waals surface area (Å²) in [6.07, 6.45) is -4.58. The van der Waals surface area contributed by atoms with Crippen LogP contribution >= 0.6 is 0 Å². The van der Waals surface area contributed by atoms with Crippen molar-refractivity contribution in [3.05, 3.63) is 35.6 Å². The molecule has 2 aliphatic rings. The molecule has 38 heavy (non-hydrogen) atoms. The van der Waals surface area contributed by atoms with Crippen molar-refractivity contribution >= 4 is 17.8 Å². The summed E-state index contributed by atoms with van der Waals surface area (Å²) in [7, 11) is 0. The number of rotatable bonds is 5. The Morgan fingerprint density at radius 2 is 1.74 bits per heavy atom. The van der Waals surface area contributed by atoms with E-state index in [9.17, 15) is 26.3 Å². The van der Waals surface area contributed by atoms with Gasteiger partial charge in [-0.15, -0.1) is 0 Å². The molecule has 1 atom stereocenters. The second-order valence-electron chi connectivity index (χ2n) is 8.17. The molecule has 2 fully saturated rings. The molecule has 1 unspecified atom stereocenters. The van der Waals surface area contributed by atoms with Crippen molar-refractivity contribution < 1.29 is 55.4 Å². The molecule has 1 aliphatic carbocycles. The number of hydrogen-bond acceptors (Lipinski definition) is 9. The third kappa shape index (κ3) is 10.1. The molecule has 11 nitrogen and oxygen atoms in total. The van der Waals surface area contributed by atoms with Gasteiger partial charge >= 0.3 is 24.3 Å². The van der Waals surface area contributed by atoms with E-state index >= 15 is 0 Å². The van der Waals surface area contributed by atoms with Crippen molar-refractivity contribution in [3.8, 4) is 0 Å². The highest BCUT2D eigenvalue weighted by Gasteiger charge is 2.39. The van der Waals surface area contributed by atoms with Crippen LogP contribution in [0.15, 0.2) is 22.9 Å². The molecule has 0 bridgehead atoms. The number of anilines is 1. The number of morpholine rings is 1. The number of nitrogens with zero attached hydrogens (tertiary/aromatic N) is 4. The quantitative estimate of drug-likeness (QED) is 0.463. The number of aliphatic carboxylic acids is 2. The minimum Gasteiger partial charge on any atom is -0.475 e. The summed E-state index contributed by atoms with van der Waals surface area (Å²) in [5.74, 6) is -2.97. The summed E-state index contributed by atoms with van der Waals surface area (Å²) in [5.41, 5.74) is 0.933. The van der Waals surface area contributed by atoms with E-state index in [1.165, 1.54) is 19.3 Å². The Hall–Kier alpha value is -3.47. The smallest absolute Gasteiger partial charge is 0.475 e. The van der Waals surface area contributed by atoms with Crippen LogP contribution < -0.4 is 5.32 Å². The summed E-state index contributed by atoms with van der Waals surface area (Å²) in [5, 5.41) is 21.8. The molecule has 17 heteroatoms. The highest BCUT2D eigenvalue weighted by molar-refractivity contribution is 5.73. The number of nitrogens with one attached hydrogen (secondary N) is 1. The van der Waals surface area contributed by atoms with Gasteiger partial charge in [0.05, 0.1) is 24.9 Å². The number of carboxylic acid groups (broad SMARTS) is 2. The van der Waals surface area contributed by atoms with Gasteiger partial charge in [0.15, 0.2) is 0 Å². The molecule has 0 spiro atoms. The van der Waals surface area contributed by atoms with Crippen LogP contribution in [0.2, 0.25) is 0 Å². The second kappa shape index (κ2) is 13.4. The molecule has 0 amide bonds. The molecule has 1 aliphatic heterocycles. The lowest BCUT2D eigenvalue weighted by Gasteiger charge is -2.34. The van der Waals surface area contributed by atoms with Crippen molar-refractivity contribution in [2.45, 2.75) is 57.2 Å². The molecule has 3 heterocycles. The average Bonchev–Trinajstić information content (AvgIpc) is 3.21. The zero-order chi connectivity index (χ0) is 28.5. The number of halogens is 6. The highest BCUT2D eigenvalue weighted by Crippen LogP contribution is 2.26. The molecular weight excluding hydrogens is 532 g/mol. The molecule has 212 valence electrons. The first-order valence-corrected chi connectivity index (χ1v) is 11.1. The average molecular weight is 557 g/mol. The molecule has 1 saturated carbocycles. The van der Waals surface area contributed by atoms with Crippen LogP contribution in [0, 0.1) is 6.92 Å². The molecule has 4 rings (SSSR count). The molecule has 0 aromatic carbocycles. The van der Waals surface area contributed by atoms with Crippen molar-refractivity contribution in [2.24, 2.45) is 0 Å². The standard InChI is InChI=1S/C17H23N5O2.2C2HF3O2/c1-12-9-14(21-24-12)10-22-7-8-23-11-15(22)17-18-6-5-16(20-17)19-13-3-2-4-13;2*3-2(4,5)1(6)7/h5-6,9,13,15H,2-4,7-8,10-11H2,1H3,(H,18,19,20);2*(H,6,7). The summed E-state index contributed by atoms with van der Waals surface area (Å²) >= 11 is 0. The third-order valence-corrected chi connectivity index (χ3v) is 5.20. The van der Waals surface area contributed by atoms with Crippen LogP contribution in [0.5, 0.6) is 0 Å². The Kier molecular flexibility index (Phi) is 10.8. The second-order valence-corrected chi connectivity index (χ2v) is 8.17. The van der Waals surface area contributed by atoms with Gasteiger partial charge in [-0.3, -0.25) is 4.90 Å². The first-order valence-electron chi connectivity index (χ1n) is 11.1. The van der Waals surface area contributed by atoms with E-state index in [1.807, 2.05) is 25.3 Å². The molecule has 2 aromatic rings. The lowest BCUT2D eigenvalue weighted by atomic mass is 9.93. The Balaban J connectivity index is 0.000000301. The summed E-state index contributed by atoms with van der Waals surface area (Å²) in [6.45, 7) is 4.78. The maximum atomic E-state index is 10.6. The van der Waals surface area contributed by atoms with Crippen LogP contribution in [0.1, 0.15) is 42.6 Å². The van der Waals surface area contributed by atoms with Gasteiger partial charge in [0.1, 0.15) is 17.4 Å². The molecule has 0 radical (unpaired) electrons. The predicted molar refractivity (Wildman–Crippen MR) is 116 cm³/mol. The SMILES string of the molecule is Cc1cc(CN2CCOCC2c2nccc(NC3CCC3)n2)no1.O=C(O)C(F)(F)F.O=C(O)C(F)(F)F. The van der Waals surface area contributed by atoms with Crippen molar-refractivity contribution in [1.82, 2.24) is 20.0 Å². The Bertz CT molecular complexity index is 1040. The number of carboxylic acids is 2. The van der Waals surface area contributed by atoms with Crippen LogP contribution in [-0.4, -0.2) is 80.3 Å². The number of aryl methyl sites for hydroxylation is 1. The Morgan fingerprint density at radius 1 is 1.13 bits per heavy atom. The van der Waals surface area contributed by atoms with E-state index in [0.717, 1.165) is 36.2 Å². The molecule has 3 N–H and O–H groups in total. The normalized spacial score (nSPS) is 18.2. The van der Waals surface area contributed by atoms with Gasteiger partial charge in [0.25, 0.3) is 0 Å². The fourth-order valence-corrected chi connectivity index (χ4v) is 3.14. The van der Waals surface area contributed by atoms with Gasteiger partial charge < -0.3 is 24.8 Å². The summed E-state index contributed by atoms with van der Waals surface area (Å²) in [4.78, 5) is 29.3. The molecule has 2 aromatic heterocycles. The van der Waals surface area contributed by atoms with E-state index in [1.54, 1.807) is 0 Å². The van der Waals surface area contributed by atoms with Crippen LogP contribution in [0.25, 0.3) is 0 Å². The summed E-state index contributed by atoms with van der Waals surface area (Å²) in [6, 6.07) is 4.52. The fraction of sp³-hybridized carbons (Fsp3) is 0.571. The Morgan fingerprint density at radius 3 is 2.21 bits per heavy atom. The predicted octanol–water partition coefficient (Wildman–Crippen LogP) is 3.58.